The Morgan fingerprint density at radius 1 is 1.09 bits per heavy atom. The van der Waals surface area contributed by atoms with Gasteiger partial charge in [-0.3, -0.25) is 9.59 Å². The molecule has 0 radical (unpaired) electrons. The third-order valence-corrected chi connectivity index (χ3v) is 6.81. The first-order valence-corrected chi connectivity index (χ1v) is 12.1. The van der Waals surface area contributed by atoms with E-state index in [1.165, 1.54) is 11.3 Å². The van der Waals surface area contributed by atoms with E-state index in [1.807, 2.05) is 55.1 Å². The van der Waals surface area contributed by atoms with E-state index in [4.69, 9.17) is 4.74 Å². The Kier molecular flexibility index (Phi) is 7.25. The predicted molar refractivity (Wildman–Crippen MR) is 132 cm³/mol. The molecule has 1 saturated heterocycles. The third kappa shape index (κ3) is 5.69. The van der Waals surface area contributed by atoms with E-state index in [-0.39, 0.29) is 11.8 Å². The van der Waals surface area contributed by atoms with Crippen LogP contribution in [0.2, 0.25) is 0 Å². The smallest absolute Gasteiger partial charge is 0.253 e. The number of para-hydroxylation sites is 1. The Hall–Kier alpha value is -2.97. The molecular weight excluding hydrogens is 436 g/mol. The molecule has 0 spiro atoms. The molecule has 8 heteroatoms. The first-order chi connectivity index (χ1) is 15.9. The first kappa shape index (κ1) is 23.2. The largest absolute Gasteiger partial charge is 0.493 e. The quantitative estimate of drug-likeness (QED) is 0.531. The average Bonchev–Trinajstić information content (AvgIpc) is 3.19. The van der Waals surface area contributed by atoms with E-state index in [2.05, 4.69) is 22.2 Å². The summed E-state index contributed by atoms with van der Waals surface area (Å²) >= 11 is 1.39. The van der Waals surface area contributed by atoms with Crippen molar-refractivity contribution in [3.05, 3.63) is 53.1 Å². The monoisotopic (exact) mass is 466 g/mol. The molecule has 1 N–H and O–H groups in total. The van der Waals surface area contributed by atoms with Crippen molar-refractivity contribution < 1.29 is 14.3 Å². The third-order valence-electron chi connectivity index (χ3n) is 5.88. The highest BCUT2D eigenvalue weighted by molar-refractivity contribution is 7.22. The number of nitrogens with one attached hydrogen (secondary N) is 1. The SMILES string of the molecule is Cc1cccc(C)c1OCCCC(=O)Nc1nc2ccc(C(=O)N3CCN(C)CC3)cc2s1. The first-order valence-electron chi connectivity index (χ1n) is 11.3. The van der Waals surface area contributed by atoms with Crippen molar-refractivity contribution in [3.8, 4) is 5.75 Å². The maximum absolute atomic E-state index is 12.8. The lowest BCUT2D eigenvalue weighted by Crippen LogP contribution is -2.47. The van der Waals surface area contributed by atoms with E-state index in [1.54, 1.807) is 0 Å². The number of fused-ring (bicyclic) bond motifs is 1. The molecule has 1 fully saturated rings. The van der Waals surface area contributed by atoms with Gasteiger partial charge < -0.3 is 19.9 Å². The fourth-order valence-electron chi connectivity index (χ4n) is 3.92. The molecule has 0 unspecified atom stereocenters. The van der Waals surface area contributed by atoms with Crippen LogP contribution >= 0.6 is 11.3 Å². The molecule has 2 heterocycles. The second-order valence-electron chi connectivity index (χ2n) is 8.52. The van der Waals surface area contributed by atoms with E-state index in [0.717, 1.165) is 53.3 Å². The number of hydrogen-bond acceptors (Lipinski definition) is 6. The minimum absolute atomic E-state index is 0.0490. The molecule has 1 aliphatic heterocycles. The number of anilines is 1. The standard InChI is InChI=1S/C25H30N4O3S/c1-17-6-4-7-18(2)23(17)32-15-5-8-22(30)27-25-26-20-10-9-19(16-21(20)33-25)24(31)29-13-11-28(3)12-14-29/h4,6-7,9-10,16H,5,8,11-15H2,1-3H3,(H,26,27,30). The molecule has 2 aromatic carbocycles. The number of amides is 2. The van der Waals surface area contributed by atoms with E-state index < -0.39 is 0 Å². The second kappa shape index (κ2) is 10.3. The van der Waals surface area contributed by atoms with Crippen LogP contribution in [0, 0.1) is 13.8 Å². The number of aryl methyl sites for hydroxylation is 2. The van der Waals surface area contributed by atoms with Crippen LogP contribution in [0.25, 0.3) is 10.2 Å². The summed E-state index contributed by atoms with van der Waals surface area (Å²) in [6.45, 7) is 7.78. The lowest BCUT2D eigenvalue weighted by molar-refractivity contribution is -0.116. The van der Waals surface area contributed by atoms with Gasteiger partial charge in [-0.05, 0) is 56.6 Å². The lowest BCUT2D eigenvalue weighted by atomic mass is 10.1. The number of benzene rings is 2. The number of nitrogens with zero attached hydrogens (tertiary/aromatic N) is 3. The van der Waals surface area contributed by atoms with Gasteiger partial charge in [0.25, 0.3) is 5.91 Å². The minimum Gasteiger partial charge on any atom is -0.493 e. The molecule has 0 atom stereocenters. The highest BCUT2D eigenvalue weighted by Crippen LogP contribution is 2.28. The molecule has 4 rings (SSSR count). The summed E-state index contributed by atoms with van der Waals surface area (Å²) in [5.41, 5.74) is 3.64. The number of thiazole rings is 1. The molecular formula is C25H30N4O3S. The molecule has 3 aromatic rings. The molecule has 0 aliphatic carbocycles. The minimum atomic E-state index is -0.0899. The summed E-state index contributed by atoms with van der Waals surface area (Å²) in [7, 11) is 2.07. The number of rotatable bonds is 7. The van der Waals surface area contributed by atoms with Crippen LogP contribution in [0.4, 0.5) is 5.13 Å². The summed E-state index contributed by atoms with van der Waals surface area (Å²) in [5.74, 6) is 0.853. The Morgan fingerprint density at radius 2 is 1.82 bits per heavy atom. The van der Waals surface area contributed by atoms with Crippen LogP contribution < -0.4 is 10.1 Å². The topological polar surface area (TPSA) is 74.8 Å². The zero-order chi connectivity index (χ0) is 23.4. The van der Waals surface area contributed by atoms with Crippen molar-refractivity contribution >= 4 is 38.5 Å². The molecule has 0 saturated carbocycles. The molecule has 7 nitrogen and oxygen atoms in total. The van der Waals surface area contributed by atoms with Gasteiger partial charge in [-0.15, -0.1) is 0 Å². The number of likely N-dealkylation sites (N-methyl/N-ethyl adjacent to an activating group) is 1. The fraction of sp³-hybridized carbons (Fsp3) is 0.400. The number of piperazine rings is 1. The van der Waals surface area contributed by atoms with Gasteiger partial charge in [0.1, 0.15) is 5.75 Å². The molecule has 174 valence electrons. The van der Waals surface area contributed by atoms with Crippen molar-refractivity contribution in [1.82, 2.24) is 14.8 Å². The van der Waals surface area contributed by atoms with Crippen LogP contribution in [0.5, 0.6) is 5.75 Å². The number of aromatic nitrogens is 1. The van der Waals surface area contributed by atoms with E-state index in [9.17, 15) is 9.59 Å². The average molecular weight is 467 g/mol. The van der Waals surface area contributed by atoms with Gasteiger partial charge >= 0.3 is 0 Å². The second-order valence-corrected chi connectivity index (χ2v) is 9.55. The Morgan fingerprint density at radius 3 is 2.55 bits per heavy atom. The summed E-state index contributed by atoms with van der Waals surface area (Å²) in [6, 6.07) is 11.6. The van der Waals surface area contributed by atoms with E-state index in [0.29, 0.717) is 30.1 Å². The van der Waals surface area contributed by atoms with Crippen LogP contribution in [0.15, 0.2) is 36.4 Å². The van der Waals surface area contributed by atoms with Crippen LogP contribution in [0.3, 0.4) is 0 Å². The van der Waals surface area contributed by atoms with Crippen LogP contribution in [-0.4, -0.2) is 66.4 Å². The maximum atomic E-state index is 12.8. The summed E-state index contributed by atoms with van der Waals surface area (Å²) in [4.78, 5) is 33.8. The van der Waals surface area contributed by atoms with E-state index >= 15 is 0 Å². The predicted octanol–water partition coefficient (Wildman–Crippen LogP) is 4.10. The summed E-state index contributed by atoms with van der Waals surface area (Å²) in [5, 5.41) is 3.43. The molecule has 0 bridgehead atoms. The van der Waals surface area contributed by atoms with Crippen molar-refractivity contribution in [2.45, 2.75) is 26.7 Å². The van der Waals surface area contributed by atoms with Gasteiger partial charge in [0, 0.05) is 38.2 Å². The van der Waals surface area contributed by atoms with Gasteiger partial charge in [0.15, 0.2) is 5.13 Å². The molecule has 33 heavy (non-hydrogen) atoms. The zero-order valence-electron chi connectivity index (χ0n) is 19.4. The maximum Gasteiger partial charge on any atom is 0.253 e. The van der Waals surface area contributed by atoms with Crippen LogP contribution in [-0.2, 0) is 4.79 Å². The van der Waals surface area contributed by atoms with Crippen molar-refractivity contribution in [2.24, 2.45) is 0 Å². The molecule has 1 aromatic heterocycles. The Balaban J connectivity index is 1.30. The molecule has 2 amide bonds. The van der Waals surface area contributed by atoms with Crippen molar-refractivity contribution in [1.29, 1.82) is 0 Å². The number of hydrogen-bond donors (Lipinski definition) is 1. The lowest BCUT2D eigenvalue weighted by Gasteiger charge is -2.32. The van der Waals surface area contributed by atoms with Crippen molar-refractivity contribution in [3.63, 3.8) is 0 Å². The number of ether oxygens (including phenoxy) is 1. The zero-order valence-corrected chi connectivity index (χ0v) is 20.2. The van der Waals surface area contributed by atoms with Crippen molar-refractivity contribution in [2.75, 3.05) is 45.2 Å². The summed E-state index contributed by atoms with van der Waals surface area (Å²) in [6.07, 6.45) is 0.974. The molecule has 1 aliphatic rings. The Labute approximate surface area is 198 Å². The highest BCUT2D eigenvalue weighted by atomic mass is 32.1. The number of carbonyl (C=O) groups is 2. The van der Waals surface area contributed by atoms with Gasteiger partial charge in [0.2, 0.25) is 5.91 Å². The summed E-state index contributed by atoms with van der Waals surface area (Å²) < 4.78 is 6.77. The van der Waals surface area contributed by atoms with Crippen LogP contribution in [0.1, 0.15) is 34.3 Å². The fourth-order valence-corrected chi connectivity index (χ4v) is 4.84. The van der Waals surface area contributed by atoms with Gasteiger partial charge in [-0.1, -0.05) is 29.5 Å². The van der Waals surface area contributed by atoms with Gasteiger partial charge in [0.05, 0.1) is 16.8 Å². The van der Waals surface area contributed by atoms with Gasteiger partial charge in [-0.2, -0.15) is 0 Å². The normalized spacial score (nSPS) is 14.5. The highest BCUT2D eigenvalue weighted by Gasteiger charge is 2.21. The Bertz CT molecular complexity index is 1130. The van der Waals surface area contributed by atoms with Gasteiger partial charge in [-0.25, -0.2) is 4.98 Å². The number of carbonyl (C=O) groups excluding carboxylic acids is 2.